The molecule has 0 aliphatic rings. The molecule has 1 aromatic heterocycles. The van der Waals surface area contributed by atoms with Crippen LogP contribution in [0.2, 0.25) is 5.02 Å². The highest BCUT2D eigenvalue weighted by molar-refractivity contribution is 7.86. The van der Waals surface area contributed by atoms with Crippen molar-refractivity contribution in [2.75, 3.05) is 19.1 Å². The molecule has 4 rings (SSSR count). The first kappa shape index (κ1) is 31.8. The van der Waals surface area contributed by atoms with Crippen LogP contribution in [0.1, 0.15) is 47.4 Å². The Morgan fingerprint density at radius 1 is 0.929 bits per heavy atom. The van der Waals surface area contributed by atoms with Crippen LogP contribution in [0.15, 0.2) is 78.9 Å². The second-order valence-electron chi connectivity index (χ2n) is 10.3. The monoisotopic (exact) mass is 629 g/mol. The van der Waals surface area contributed by atoms with Crippen LogP contribution in [0.3, 0.4) is 0 Å². The van der Waals surface area contributed by atoms with Gasteiger partial charge in [0.1, 0.15) is 11.7 Å². The Kier molecular flexibility index (Phi) is 9.87. The number of benzene rings is 3. The molecule has 222 valence electrons. The Balaban J connectivity index is 1.57. The van der Waals surface area contributed by atoms with Gasteiger partial charge in [-0.3, -0.25) is 8.37 Å². The van der Waals surface area contributed by atoms with Crippen molar-refractivity contribution in [2.24, 2.45) is 0 Å². The van der Waals surface area contributed by atoms with Gasteiger partial charge >= 0.3 is 0 Å². The Labute approximate surface area is 251 Å². The van der Waals surface area contributed by atoms with E-state index in [-0.39, 0.29) is 6.42 Å². The van der Waals surface area contributed by atoms with E-state index in [2.05, 4.69) is 4.98 Å². The van der Waals surface area contributed by atoms with E-state index in [9.17, 15) is 21.9 Å². The van der Waals surface area contributed by atoms with E-state index in [1.807, 2.05) is 54.6 Å². The van der Waals surface area contributed by atoms with Gasteiger partial charge < -0.3 is 5.11 Å². The van der Waals surface area contributed by atoms with Gasteiger partial charge in [-0.25, -0.2) is 4.98 Å². The zero-order valence-electron chi connectivity index (χ0n) is 23.4. The number of rotatable bonds is 12. The molecular weight excluding hydrogens is 598 g/mol. The first-order valence-electron chi connectivity index (χ1n) is 13.1. The van der Waals surface area contributed by atoms with Crippen LogP contribution in [-0.2, 0) is 40.6 Å². The molecule has 1 heterocycles. The lowest BCUT2D eigenvalue weighted by atomic mass is 9.89. The lowest BCUT2D eigenvalue weighted by molar-refractivity contribution is 0.00921. The normalized spacial score (nSPS) is 14.7. The summed E-state index contributed by atoms with van der Waals surface area (Å²) in [6.45, 7) is 1.01. The Morgan fingerprint density at radius 2 is 1.67 bits per heavy atom. The van der Waals surface area contributed by atoms with Crippen LogP contribution >= 0.6 is 11.6 Å². The Morgan fingerprint density at radius 3 is 2.40 bits per heavy atom. The summed E-state index contributed by atoms with van der Waals surface area (Å²) >= 11 is 6.11. The van der Waals surface area contributed by atoms with Gasteiger partial charge in [0.05, 0.1) is 30.3 Å². The minimum absolute atomic E-state index is 0.271. The molecule has 2 unspecified atom stereocenters. The second-order valence-corrected chi connectivity index (χ2v) is 14.0. The third-order valence-electron chi connectivity index (χ3n) is 6.52. The van der Waals surface area contributed by atoms with Gasteiger partial charge in [0, 0.05) is 10.4 Å². The predicted octanol–water partition coefficient (Wildman–Crippen LogP) is 5.89. The van der Waals surface area contributed by atoms with Crippen LogP contribution in [-0.4, -0.2) is 46.0 Å². The summed E-state index contributed by atoms with van der Waals surface area (Å²) in [5, 5.41) is 12.6. The number of pyridine rings is 1. The Hall–Kier alpha value is -3.12. The fourth-order valence-electron chi connectivity index (χ4n) is 4.57. The summed E-state index contributed by atoms with van der Waals surface area (Å²) in [4.78, 5) is 4.64. The van der Waals surface area contributed by atoms with E-state index < -0.39 is 38.5 Å². The summed E-state index contributed by atoms with van der Waals surface area (Å²) in [7, 11) is -7.57. The average molecular weight is 630 g/mol. The first-order chi connectivity index (χ1) is 19.7. The number of aliphatic hydroxyl groups is 1. The zero-order chi connectivity index (χ0) is 30.5. The number of hydrogen-bond donors (Lipinski definition) is 1. The fraction of sp³-hybridized carbons (Fsp3) is 0.258. The van der Waals surface area contributed by atoms with E-state index >= 15 is 0 Å². The van der Waals surface area contributed by atoms with Gasteiger partial charge in [-0.1, -0.05) is 72.3 Å². The molecule has 0 aliphatic heterocycles. The van der Waals surface area contributed by atoms with Gasteiger partial charge in [0.15, 0.2) is 0 Å². The first-order valence-corrected chi connectivity index (χ1v) is 17.1. The molecule has 2 atom stereocenters. The highest BCUT2D eigenvalue weighted by Gasteiger charge is 2.28. The highest BCUT2D eigenvalue weighted by Crippen LogP contribution is 2.31. The van der Waals surface area contributed by atoms with Crippen LogP contribution in [0, 0.1) is 0 Å². The minimum Gasteiger partial charge on any atom is -0.383 e. The SMILES string of the molecule is CC(O)(COS(C)(=O)=O)c1ccccc1CCC(OS(C)(=O)=O)c1cccc(C=Cc2ccc3ccc(Cl)cc3n2)c1. The van der Waals surface area contributed by atoms with Gasteiger partial charge in [0.2, 0.25) is 0 Å². The molecule has 0 radical (unpaired) electrons. The lowest BCUT2D eigenvalue weighted by Crippen LogP contribution is -2.30. The van der Waals surface area contributed by atoms with Crippen LogP contribution in [0.5, 0.6) is 0 Å². The van der Waals surface area contributed by atoms with E-state index in [0.717, 1.165) is 34.7 Å². The maximum atomic E-state index is 12.2. The van der Waals surface area contributed by atoms with Crippen molar-refractivity contribution in [2.45, 2.75) is 31.5 Å². The van der Waals surface area contributed by atoms with Crippen molar-refractivity contribution in [3.63, 3.8) is 0 Å². The molecule has 0 saturated carbocycles. The molecule has 3 aromatic carbocycles. The van der Waals surface area contributed by atoms with Crippen molar-refractivity contribution in [1.29, 1.82) is 0 Å². The molecule has 0 fully saturated rings. The summed E-state index contributed by atoms with van der Waals surface area (Å²) in [5.41, 5.74) is 2.59. The van der Waals surface area contributed by atoms with E-state index in [4.69, 9.17) is 20.0 Å². The second kappa shape index (κ2) is 13.0. The standard InChI is InChI=1S/C31H32ClNO7S2/c1-31(34,21-39-41(2,35)36)28-10-5-4-8-23(28)14-18-30(40-42(3,37)38)25-9-6-7-22(19-25)11-16-27-17-13-24-12-15-26(32)20-29(24)33-27/h4-13,15-17,19-20,30,34H,14,18,21H2,1-3H3. The number of halogens is 1. The molecule has 42 heavy (non-hydrogen) atoms. The van der Waals surface area contributed by atoms with Crippen LogP contribution in [0.25, 0.3) is 23.1 Å². The summed E-state index contributed by atoms with van der Waals surface area (Å²) in [6.07, 6.45) is 5.47. The minimum atomic E-state index is -3.81. The third kappa shape index (κ3) is 9.19. The molecule has 11 heteroatoms. The molecule has 1 N–H and O–H groups in total. The van der Waals surface area contributed by atoms with Gasteiger partial charge in [-0.05, 0) is 72.4 Å². The predicted molar refractivity (Wildman–Crippen MR) is 166 cm³/mol. The fourth-order valence-corrected chi connectivity index (χ4v) is 5.81. The lowest BCUT2D eigenvalue weighted by Gasteiger charge is -2.26. The molecule has 8 nitrogen and oxygen atoms in total. The van der Waals surface area contributed by atoms with E-state index in [1.165, 1.54) is 6.92 Å². The molecule has 0 amide bonds. The number of nitrogens with zero attached hydrogens (tertiary/aromatic N) is 1. The summed E-state index contributed by atoms with van der Waals surface area (Å²) < 4.78 is 57.7. The van der Waals surface area contributed by atoms with Crippen molar-refractivity contribution in [3.05, 3.63) is 112 Å². The Bertz CT molecular complexity index is 1820. The molecule has 0 aliphatic carbocycles. The summed E-state index contributed by atoms with van der Waals surface area (Å²) in [5.74, 6) is 0. The molecular formula is C31H32ClNO7S2. The van der Waals surface area contributed by atoms with Crippen LogP contribution in [0.4, 0.5) is 0 Å². The van der Waals surface area contributed by atoms with Crippen LogP contribution < -0.4 is 0 Å². The average Bonchev–Trinajstić information content (AvgIpc) is 2.92. The van der Waals surface area contributed by atoms with Crippen molar-refractivity contribution >= 4 is 54.9 Å². The third-order valence-corrected chi connectivity index (χ3v) is 7.89. The van der Waals surface area contributed by atoms with E-state index in [0.29, 0.717) is 28.1 Å². The van der Waals surface area contributed by atoms with Crippen molar-refractivity contribution in [3.8, 4) is 0 Å². The summed E-state index contributed by atoms with van der Waals surface area (Å²) in [6, 6.07) is 23.8. The van der Waals surface area contributed by atoms with Gasteiger partial charge in [-0.2, -0.15) is 16.8 Å². The molecule has 0 saturated heterocycles. The maximum absolute atomic E-state index is 12.2. The highest BCUT2D eigenvalue weighted by atomic mass is 35.5. The molecule has 4 aromatic rings. The maximum Gasteiger partial charge on any atom is 0.264 e. The van der Waals surface area contributed by atoms with Crippen molar-refractivity contribution < 1.29 is 30.3 Å². The van der Waals surface area contributed by atoms with E-state index in [1.54, 1.807) is 36.4 Å². The molecule has 0 bridgehead atoms. The largest absolute Gasteiger partial charge is 0.383 e. The van der Waals surface area contributed by atoms with Gasteiger partial charge in [0.25, 0.3) is 20.2 Å². The number of fused-ring (bicyclic) bond motifs is 1. The topological polar surface area (TPSA) is 120 Å². The van der Waals surface area contributed by atoms with Crippen molar-refractivity contribution in [1.82, 2.24) is 4.98 Å². The zero-order valence-corrected chi connectivity index (χ0v) is 25.8. The molecule has 0 spiro atoms. The number of aromatic nitrogens is 1. The smallest absolute Gasteiger partial charge is 0.264 e. The number of aryl methyl sites for hydroxylation is 1. The van der Waals surface area contributed by atoms with Gasteiger partial charge in [-0.15, -0.1) is 0 Å². The number of hydrogen-bond acceptors (Lipinski definition) is 8. The quantitative estimate of drug-likeness (QED) is 0.193.